The number of halogens is 2. The van der Waals surface area contributed by atoms with E-state index in [1.165, 1.54) is 0 Å². The number of carbonyl (C=O) groups is 1. The highest BCUT2D eigenvalue weighted by molar-refractivity contribution is 6.68. The third kappa shape index (κ3) is 4.72. The minimum absolute atomic E-state index is 0.336. The number of hydrogen-bond donors (Lipinski definition) is 0. The van der Waals surface area contributed by atoms with Crippen LogP contribution < -0.4 is 0 Å². The zero-order valence-electron chi connectivity index (χ0n) is 9.60. The van der Waals surface area contributed by atoms with Crippen LogP contribution in [0.3, 0.4) is 0 Å². The van der Waals surface area contributed by atoms with E-state index >= 15 is 0 Å². The third-order valence-electron chi connectivity index (χ3n) is 1.93. The summed E-state index contributed by atoms with van der Waals surface area (Å²) in [5.41, 5.74) is 1.22. The molecule has 0 amide bonds. The summed E-state index contributed by atoms with van der Waals surface area (Å²) in [6.45, 7) is 3.96. The van der Waals surface area contributed by atoms with Crippen molar-refractivity contribution in [3.63, 3.8) is 0 Å². The van der Waals surface area contributed by atoms with Crippen molar-refractivity contribution >= 4 is 28.4 Å². The third-order valence-corrected chi connectivity index (χ3v) is 2.58. The molecular formula is C11H17Cl2NO. The van der Waals surface area contributed by atoms with E-state index in [2.05, 4.69) is 6.92 Å². The highest BCUT2D eigenvalue weighted by atomic mass is 35.5. The Morgan fingerprint density at radius 3 is 2.20 bits per heavy atom. The molecule has 0 spiro atoms. The van der Waals surface area contributed by atoms with Crippen LogP contribution in [0.1, 0.15) is 26.7 Å². The van der Waals surface area contributed by atoms with Gasteiger partial charge in [-0.3, -0.25) is 4.79 Å². The highest BCUT2D eigenvalue weighted by Gasteiger charge is 2.15. The Morgan fingerprint density at radius 2 is 1.87 bits per heavy atom. The van der Waals surface area contributed by atoms with Gasteiger partial charge >= 0.3 is 0 Å². The molecule has 0 radical (unpaired) electrons. The van der Waals surface area contributed by atoms with Crippen molar-refractivity contribution < 1.29 is 4.79 Å². The van der Waals surface area contributed by atoms with Crippen LogP contribution in [0.2, 0.25) is 0 Å². The van der Waals surface area contributed by atoms with Gasteiger partial charge in [0.05, 0.1) is 5.03 Å². The number of carbonyl (C=O) groups excluding carboxylic acids is 1. The molecule has 0 aliphatic heterocycles. The molecule has 0 unspecified atom stereocenters. The predicted octanol–water partition coefficient (Wildman–Crippen LogP) is 3.51. The van der Waals surface area contributed by atoms with Crippen molar-refractivity contribution in [3.05, 3.63) is 22.4 Å². The van der Waals surface area contributed by atoms with Gasteiger partial charge in [0.2, 0.25) is 0 Å². The van der Waals surface area contributed by atoms with Gasteiger partial charge in [-0.1, -0.05) is 31.0 Å². The van der Waals surface area contributed by atoms with E-state index in [4.69, 9.17) is 23.2 Å². The number of unbranched alkanes of at least 4 members (excludes halogenated alkanes) is 1. The van der Waals surface area contributed by atoms with E-state index in [0.717, 1.165) is 18.4 Å². The standard InChI is InChI=1S/C11H17Cl2NO/c1-5-6-7-8(2)9(12)10(11(13)15)14(3)4/h7H,5-6H2,1-4H3/b8-7-,10-9+. The molecule has 0 heterocycles. The summed E-state index contributed by atoms with van der Waals surface area (Å²) in [5, 5.41) is -0.109. The first-order valence-corrected chi connectivity index (χ1v) is 5.61. The summed E-state index contributed by atoms with van der Waals surface area (Å²) in [7, 11) is 3.48. The van der Waals surface area contributed by atoms with Crippen molar-refractivity contribution in [3.8, 4) is 0 Å². The number of likely N-dealkylation sites (N-methyl/N-ethyl adjacent to an activating group) is 1. The molecule has 2 nitrogen and oxygen atoms in total. The maximum absolute atomic E-state index is 11.2. The topological polar surface area (TPSA) is 20.3 Å². The summed E-state index contributed by atoms with van der Waals surface area (Å²) >= 11 is 11.5. The maximum atomic E-state index is 11.2. The quantitative estimate of drug-likeness (QED) is 0.422. The zero-order valence-corrected chi connectivity index (χ0v) is 11.1. The molecule has 0 rings (SSSR count). The van der Waals surface area contributed by atoms with E-state index in [9.17, 15) is 4.79 Å². The molecule has 0 aliphatic carbocycles. The first-order valence-electron chi connectivity index (χ1n) is 4.85. The smallest absolute Gasteiger partial charge is 0.270 e. The summed E-state index contributed by atoms with van der Waals surface area (Å²) in [6, 6.07) is 0. The summed E-state index contributed by atoms with van der Waals surface area (Å²) in [6.07, 6.45) is 4.00. The molecule has 0 N–H and O–H groups in total. The van der Waals surface area contributed by atoms with Crippen LogP contribution in [0, 0.1) is 0 Å². The molecule has 0 aromatic rings. The average molecular weight is 250 g/mol. The molecule has 15 heavy (non-hydrogen) atoms. The van der Waals surface area contributed by atoms with Gasteiger partial charge in [0.1, 0.15) is 5.70 Å². The monoisotopic (exact) mass is 249 g/mol. The van der Waals surface area contributed by atoms with Gasteiger partial charge in [0.25, 0.3) is 5.24 Å². The molecular weight excluding hydrogens is 233 g/mol. The molecule has 0 bridgehead atoms. The van der Waals surface area contributed by atoms with E-state index < -0.39 is 5.24 Å². The first kappa shape index (κ1) is 14.5. The highest BCUT2D eigenvalue weighted by Crippen LogP contribution is 2.22. The molecule has 0 atom stereocenters. The van der Waals surface area contributed by atoms with Crippen LogP contribution in [0.25, 0.3) is 0 Å². The van der Waals surface area contributed by atoms with E-state index in [0.29, 0.717) is 10.7 Å². The van der Waals surface area contributed by atoms with Crippen LogP contribution in [-0.2, 0) is 4.79 Å². The summed E-state index contributed by atoms with van der Waals surface area (Å²) in [5.74, 6) is 0. The Balaban J connectivity index is 5.10. The summed E-state index contributed by atoms with van der Waals surface area (Å²) < 4.78 is 0. The lowest BCUT2D eigenvalue weighted by molar-refractivity contribution is -0.109. The number of rotatable bonds is 5. The zero-order chi connectivity index (χ0) is 12.0. The second-order valence-electron chi connectivity index (χ2n) is 3.51. The van der Waals surface area contributed by atoms with Crippen molar-refractivity contribution in [1.82, 2.24) is 4.90 Å². The van der Waals surface area contributed by atoms with Gasteiger partial charge < -0.3 is 4.90 Å². The van der Waals surface area contributed by atoms with Crippen molar-refractivity contribution in [2.75, 3.05) is 14.1 Å². The Morgan fingerprint density at radius 1 is 1.33 bits per heavy atom. The Labute approximate surface area is 102 Å². The molecule has 0 saturated heterocycles. The molecule has 86 valence electrons. The Bertz CT molecular complexity index is 293. The van der Waals surface area contributed by atoms with Gasteiger partial charge in [-0.2, -0.15) is 0 Å². The molecule has 0 fully saturated rings. The average Bonchev–Trinajstić information content (AvgIpc) is 2.12. The fourth-order valence-corrected chi connectivity index (χ4v) is 1.74. The molecule has 0 aromatic carbocycles. The molecule has 0 saturated carbocycles. The van der Waals surface area contributed by atoms with Gasteiger partial charge in [-0.25, -0.2) is 0 Å². The number of allylic oxidation sites excluding steroid dienone is 4. The minimum Gasteiger partial charge on any atom is -0.373 e. The predicted molar refractivity (Wildman–Crippen MR) is 66.1 cm³/mol. The SMILES string of the molecule is CCC/C=C(C)\C(Cl)=C(\C(=O)Cl)N(C)C. The normalized spacial score (nSPS) is 13.6. The second-order valence-corrected chi connectivity index (χ2v) is 4.23. The Hall–Kier alpha value is -0.470. The molecule has 0 aromatic heterocycles. The minimum atomic E-state index is -0.533. The van der Waals surface area contributed by atoms with E-state index in [1.807, 2.05) is 13.0 Å². The van der Waals surface area contributed by atoms with Gasteiger partial charge in [-0.15, -0.1) is 0 Å². The number of hydrogen-bond acceptors (Lipinski definition) is 2. The summed E-state index contributed by atoms with van der Waals surface area (Å²) in [4.78, 5) is 12.8. The Kier molecular flexibility index (Phi) is 6.70. The molecule has 0 aliphatic rings. The van der Waals surface area contributed by atoms with Crippen LogP contribution in [-0.4, -0.2) is 24.2 Å². The fraction of sp³-hybridized carbons (Fsp3) is 0.545. The van der Waals surface area contributed by atoms with Crippen LogP contribution >= 0.6 is 23.2 Å². The van der Waals surface area contributed by atoms with Crippen molar-refractivity contribution in [2.24, 2.45) is 0 Å². The van der Waals surface area contributed by atoms with Crippen LogP contribution in [0.15, 0.2) is 22.4 Å². The lowest BCUT2D eigenvalue weighted by Gasteiger charge is -2.15. The van der Waals surface area contributed by atoms with Gasteiger partial charge in [-0.05, 0) is 30.5 Å². The van der Waals surface area contributed by atoms with E-state index in [-0.39, 0.29) is 0 Å². The van der Waals surface area contributed by atoms with Gasteiger partial charge in [0, 0.05) is 14.1 Å². The van der Waals surface area contributed by atoms with Crippen molar-refractivity contribution in [2.45, 2.75) is 26.7 Å². The largest absolute Gasteiger partial charge is 0.373 e. The molecule has 4 heteroatoms. The van der Waals surface area contributed by atoms with E-state index in [1.54, 1.807) is 19.0 Å². The van der Waals surface area contributed by atoms with Crippen molar-refractivity contribution in [1.29, 1.82) is 0 Å². The lowest BCUT2D eigenvalue weighted by atomic mass is 10.2. The fourth-order valence-electron chi connectivity index (χ4n) is 1.10. The van der Waals surface area contributed by atoms with Crippen LogP contribution in [0.5, 0.6) is 0 Å². The lowest BCUT2D eigenvalue weighted by Crippen LogP contribution is -2.17. The first-order chi connectivity index (χ1) is 6.91. The van der Waals surface area contributed by atoms with Crippen LogP contribution in [0.4, 0.5) is 0 Å². The number of nitrogens with zero attached hydrogens (tertiary/aromatic N) is 1. The second kappa shape index (κ2) is 6.91. The van der Waals surface area contributed by atoms with Gasteiger partial charge in [0.15, 0.2) is 0 Å². The maximum Gasteiger partial charge on any atom is 0.270 e.